The van der Waals surface area contributed by atoms with Crippen LogP contribution in [0.3, 0.4) is 0 Å². The molecular formula is C17H15ClFNO. The molecule has 0 fully saturated rings. The van der Waals surface area contributed by atoms with E-state index in [-0.39, 0.29) is 11.9 Å². The summed E-state index contributed by atoms with van der Waals surface area (Å²) in [4.78, 5) is 0. The van der Waals surface area contributed by atoms with Crippen molar-refractivity contribution in [3.63, 3.8) is 0 Å². The first-order valence-corrected chi connectivity index (χ1v) is 7.15. The average molecular weight is 304 g/mol. The fourth-order valence-electron chi connectivity index (χ4n) is 2.44. The lowest BCUT2D eigenvalue weighted by Crippen LogP contribution is -2.18. The molecule has 0 saturated heterocycles. The van der Waals surface area contributed by atoms with Crippen LogP contribution in [0, 0.1) is 5.82 Å². The topological polar surface area (TPSA) is 25.2 Å². The molecule has 0 spiro atoms. The highest BCUT2D eigenvalue weighted by atomic mass is 35.5. The normalized spacial score (nSPS) is 12.7. The highest BCUT2D eigenvalue weighted by molar-refractivity contribution is 6.31. The molecule has 2 aromatic carbocycles. The second-order valence-corrected chi connectivity index (χ2v) is 5.37. The van der Waals surface area contributed by atoms with Gasteiger partial charge in [0.05, 0.1) is 6.04 Å². The van der Waals surface area contributed by atoms with Gasteiger partial charge in [-0.3, -0.25) is 0 Å². The Morgan fingerprint density at radius 1 is 1.19 bits per heavy atom. The van der Waals surface area contributed by atoms with Crippen molar-refractivity contribution in [3.05, 3.63) is 70.7 Å². The van der Waals surface area contributed by atoms with Crippen molar-refractivity contribution >= 4 is 22.6 Å². The zero-order valence-corrected chi connectivity index (χ0v) is 12.3. The number of nitrogens with one attached hydrogen (secondary N) is 1. The minimum atomic E-state index is -0.262. The second kappa shape index (κ2) is 5.88. The van der Waals surface area contributed by atoms with E-state index in [1.165, 1.54) is 12.1 Å². The summed E-state index contributed by atoms with van der Waals surface area (Å²) >= 11 is 6.20. The Balaban J connectivity index is 1.93. The van der Waals surface area contributed by atoms with Crippen molar-refractivity contribution in [2.24, 2.45) is 0 Å². The number of furan rings is 1. The molecule has 1 N–H and O–H groups in total. The monoisotopic (exact) mass is 303 g/mol. The summed E-state index contributed by atoms with van der Waals surface area (Å²) in [6.07, 6.45) is 0.707. The standard InChI is InChI=1S/C17H15ClFNO/c1-20-15(9-11-4-2-3-5-14(11)18)17-10-12-8-13(19)6-7-16(12)21-17/h2-8,10,15,20H,9H2,1H3. The third-order valence-electron chi connectivity index (χ3n) is 3.57. The predicted octanol–water partition coefficient (Wildman–Crippen LogP) is 4.73. The first-order valence-electron chi connectivity index (χ1n) is 6.77. The molecule has 1 unspecified atom stereocenters. The zero-order chi connectivity index (χ0) is 14.8. The maximum atomic E-state index is 13.3. The molecule has 108 valence electrons. The first-order chi connectivity index (χ1) is 10.2. The maximum Gasteiger partial charge on any atom is 0.134 e. The van der Waals surface area contributed by atoms with Crippen molar-refractivity contribution in [2.45, 2.75) is 12.5 Å². The molecule has 1 heterocycles. The van der Waals surface area contributed by atoms with E-state index < -0.39 is 0 Å². The molecule has 2 nitrogen and oxygen atoms in total. The quantitative estimate of drug-likeness (QED) is 0.754. The third kappa shape index (κ3) is 2.94. The van der Waals surface area contributed by atoms with Crippen molar-refractivity contribution in [1.29, 1.82) is 0 Å². The molecule has 0 aliphatic rings. The Morgan fingerprint density at radius 3 is 2.76 bits per heavy atom. The molecular weight excluding hydrogens is 289 g/mol. The van der Waals surface area contributed by atoms with Crippen molar-refractivity contribution < 1.29 is 8.81 Å². The third-order valence-corrected chi connectivity index (χ3v) is 3.94. The van der Waals surface area contributed by atoms with Crippen LogP contribution >= 0.6 is 11.6 Å². The van der Waals surface area contributed by atoms with Gasteiger partial charge in [0.15, 0.2) is 0 Å². The summed E-state index contributed by atoms with van der Waals surface area (Å²) in [5.74, 6) is 0.514. The Bertz CT molecular complexity index is 768. The Morgan fingerprint density at radius 2 is 2.00 bits per heavy atom. The SMILES string of the molecule is CNC(Cc1ccccc1Cl)c1cc2cc(F)ccc2o1. The Kier molecular flexibility index (Phi) is 3.95. The van der Waals surface area contributed by atoms with Gasteiger partial charge in [-0.15, -0.1) is 0 Å². The average Bonchev–Trinajstić information content (AvgIpc) is 2.89. The van der Waals surface area contributed by atoms with Crippen LogP contribution in [0.1, 0.15) is 17.4 Å². The van der Waals surface area contributed by atoms with Crippen molar-refractivity contribution in [2.75, 3.05) is 7.05 Å². The molecule has 0 radical (unpaired) electrons. The molecule has 0 saturated carbocycles. The Labute approximate surface area is 127 Å². The van der Waals surface area contributed by atoms with E-state index in [9.17, 15) is 4.39 Å². The molecule has 0 aliphatic carbocycles. The van der Waals surface area contributed by atoms with Gasteiger partial charge in [0.25, 0.3) is 0 Å². The maximum absolute atomic E-state index is 13.3. The molecule has 3 aromatic rings. The van der Waals surface area contributed by atoms with Crippen LogP contribution in [0.5, 0.6) is 0 Å². The second-order valence-electron chi connectivity index (χ2n) is 4.97. The van der Waals surface area contributed by atoms with Crippen LogP contribution in [-0.4, -0.2) is 7.05 Å². The summed E-state index contributed by atoms with van der Waals surface area (Å²) in [7, 11) is 1.87. The highest BCUT2D eigenvalue weighted by Crippen LogP contribution is 2.28. The molecule has 1 atom stereocenters. The fourth-order valence-corrected chi connectivity index (χ4v) is 2.65. The zero-order valence-electron chi connectivity index (χ0n) is 11.6. The van der Waals surface area contributed by atoms with Crippen LogP contribution in [0.4, 0.5) is 4.39 Å². The lowest BCUT2D eigenvalue weighted by Gasteiger charge is -2.14. The van der Waals surface area contributed by atoms with Gasteiger partial charge in [-0.05, 0) is 49.4 Å². The molecule has 3 rings (SSSR count). The number of halogens is 2. The summed E-state index contributed by atoms with van der Waals surface area (Å²) < 4.78 is 19.1. The summed E-state index contributed by atoms with van der Waals surface area (Å²) in [6, 6.07) is 14.1. The summed E-state index contributed by atoms with van der Waals surface area (Å²) in [5, 5.41) is 4.73. The van der Waals surface area contributed by atoms with Gasteiger partial charge in [-0.2, -0.15) is 0 Å². The first kappa shape index (κ1) is 14.1. The fraction of sp³-hybridized carbons (Fsp3) is 0.176. The number of likely N-dealkylation sites (N-methyl/N-ethyl adjacent to an activating group) is 1. The van der Waals surface area contributed by atoms with E-state index in [4.69, 9.17) is 16.0 Å². The molecule has 0 aliphatic heterocycles. The van der Waals surface area contributed by atoms with E-state index in [2.05, 4.69) is 5.32 Å². The summed E-state index contributed by atoms with van der Waals surface area (Å²) in [6.45, 7) is 0. The molecule has 21 heavy (non-hydrogen) atoms. The number of hydrogen-bond donors (Lipinski definition) is 1. The Hall–Kier alpha value is -1.84. The minimum Gasteiger partial charge on any atom is -0.459 e. The number of hydrogen-bond acceptors (Lipinski definition) is 2. The van der Waals surface area contributed by atoms with Gasteiger partial charge < -0.3 is 9.73 Å². The van der Waals surface area contributed by atoms with E-state index >= 15 is 0 Å². The van der Waals surface area contributed by atoms with Crippen LogP contribution in [0.15, 0.2) is 52.9 Å². The number of fused-ring (bicyclic) bond motifs is 1. The van der Waals surface area contributed by atoms with Gasteiger partial charge in [-0.25, -0.2) is 4.39 Å². The van der Waals surface area contributed by atoms with Gasteiger partial charge in [0.2, 0.25) is 0 Å². The van der Waals surface area contributed by atoms with Gasteiger partial charge >= 0.3 is 0 Å². The summed E-state index contributed by atoms with van der Waals surface area (Å²) in [5.41, 5.74) is 1.73. The number of rotatable bonds is 4. The largest absolute Gasteiger partial charge is 0.459 e. The molecule has 0 amide bonds. The number of benzene rings is 2. The highest BCUT2D eigenvalue weighted by Gasteiger charge is 2.16. The molecule has 4 heteroatoms. The van der Waals surface area contributed by atoms with E-state index in [0.717, 1.165) is 21.7 Å². The van der Waals surface area contributed by atoms with Crippen molar-refractivity contribution in [1.82, 2.24) is 5.32 Å². The van der Waals surface area contributed by atoms with Crippen LogP contribution in [0.25, 0.3) is 11.0 Å². The van der Waals surface area contributed by atoms with E-state index in [1.54, 1.807) is 6.07 Å². The van der Waals surface area contributed by atoms with Gasteiger partial charge in [-0.1, -0.05) is 29.8 Å². The van der Waals surface area contributed by atoms with Crippen molar-refractivity contribution in [3.8, 4) is 0 Å². The minimum absolute atomic E-state index is 0.0136. The lowest BCUT2D eigenvalue weighted by molar-refractivity contribution is 0.451. The molecule has 0 bridgehead atoms. The van der Waals surface area contributed by atoms with Gasteiger partial charge in [0, 0.05) is 10.4 Å². The predicted molar refractivity (Wildman–Crippen MR) is 83.1 cm³/mol. The van der Waals surface area contributed by atoms with E-state index in [1.807, 2.05) is 37.4 Å². The van der Waals surface area contributed by atoms with E-state index in [0.29, 0.717) is 12.0 Å². The molecule has 1 aromatic heterocycles. The van der Waals surface area contributed by atoms with Crippen LogP contribution in [-0.2, 0) is 6.42 Å². The van der Waals surface area contributed by atoms with Crippen LogP contribution in [0.2, 0.25) is 5.02 Å². The lowest BCUT2D eigenvalue weighted by atomic mass is 10.0. The smallest absolute Gasteiger partial charge is 0.134 e. The van der Waals surface area contributed by atoms with Crippen LogP contribution < -0.4 is 5.32 Å². The van der Waals surface area contributed by atoms with Gasteiger partial charge in [0.1, 0.15) is 17.2 Å².